The highest BCUT2D eigenvalue weighted by atomic mass is 79.9. The molecule has 1 rings (SSSR count). The van der Waals surface area contributed by atoms with Gasteiger partial charge in [-0.05, 0) is 43.5 Å². The van der Waals surface area contributed by atoms with E-state index < -0.39 is 0 Å². The molecule has 0 aliphatic rings. The van der Waals surface area contributed by atoms with Crippen LogP contribution in [0.25, 0.3) is 0 Å². The van der Waals surface area contributed by atoms with Crippen LogP contribution in [0.5, 0.6) is 0 Å². The molecule has 1 aromatic rings. The fraction of sp³-hybridized carbons (Fsp3) is 0.625. The zero-order chi connectivity index (χ0) is 14.8. The van der Waals surface area contributed by atoms with Crippen LogP contribution in [0.1, 0.15) is 26.7 Å². The Hall–Kier alpha value is -0.0300. The molecule has 20 heavy (non-hydrogen) atoms. The van der Waals surface area contributed by atoms with Gasteiger partial charge in [-0.25, -0.2) is 0 Å². The second-order valence-electron chi connectivity index (χ2n) is 5.09. The molecule has 0 amide bonds. The standard InChI is InChI=1S/C16H26BrNOS/c1-4-9-18-16(13(2)8-10-19-3)12-20-15-7-5-6-14(17)11-15/h5-7,11,13,16,18H,4,8-10,12H2,1-3H3. The summed E-state index contributed by atoms with van der Waals surface area (Å²) in [5.74, 6) is 1.72. The number of benzene rings is 1. The molecule has 0 saturated heterocycles. The molecular weight excluding hydrogens is 334 g/mol. The predicted molar refractivity (Wildman–Crippen MR) is 92.6 cm³/mol. The first kappa shape index (κ1) is 18.0. The fourth-order valence-corrected chi connectivity index (χ4v) is 3.76. The van der Waals surface area contributed by atoms with E-state index in [9.17, 15) is 0 Å². The molecule has 2 atom stereocenters. The Balaban J connectivity index is 2.50. The summed E-state index contributed by atoms with van der Waals surface area (Å²) in [4.78, 5) is 1.32. The molecule has 0 bridgehead atoms. The van der Waals surface area contributed by atoms with E-state index >= 15 is 0 Å². The van der Waals surface area contributed by atoms with Gasteiger partial charge >= 0.3 is 0 Å². The average Bonchev–Trinajstić information content (AvgIpc) is 2.45. The molecule has 2 nitrogen and oxygen atoms in total. The van der Waals surface area contributed by atoms with Crippen LogP contribution in [0.3, 0.4) is 0 Å². The largest absolute Gasteiger partial charge is 0.385 e. The number of nitrogens with one attached hydrogen (secondary N) is 1. The zero-order valence-electron chi connectivity index (χ0n) is 12.7. The topological polar surface area (TPSA) is 21.3 Å². The second-order valence-corrected chi connectivity index (χ2v) is 7.10. The van der Waals surface area contributed by atoms with Crippen molar-refractivity contribution in [1.29, 1.82) is 0 Å². The van der Waals surface area contributed by atoms with Crippen molar-refractivity contribution >= 4 is 27.7 Å². The van der Waals surface area contributed by atoms with Gasteiger partial charge in [-0.2, -0.15) is 0 Å². The molecule has 1 N–H and O–H groups in total. The number of hydrogen-bond acceptors (Lipinski definition) is 3. The average molecular weight is 360 g/mol. The lowest BCUT2D eigenvalue weighted by atomic mass is 10.00. The normalized spacial score (nSPS) is 14.2. The summed E-state index contributed by atoms with van der Waals surface area (Å²) in [5, 5.41) is 3.67. The summed E-state index contributed by atoms with van der Waals surface area (Å²) < 4.78 is 6.35. The molecule has 114 valence electrons. The Kier molecular flexibility index (Phi) is 9.61. The van der Waals surface area contributed by atoms with Crippen LogP contribution in [0.15, 0.2) is 33.6 Å². The van der Waals surface area contributed by atoms with Gasteiger partial charge in [0.15, 0.2) is 0 Å². The number of methoxy groups -OCH3 is 1. The van der Waals surface area contributed by atoms with E-state index in [-0.39, 0.29) is 0 Å². The van der Waals surface area contributed by atoms with Gasteiger partial charge in [0.2, 0.25) is 0 Å². The highest BCUT2D eigenvalue weighted by Crippen LogP contribution is 2.24. The van der Waals surface area contributed by atoms with Gasteiger partial charge in [0.25, 0.3) is 0 Å². The van der Waals surface area contributed by atoms with Crippen LogP contribution in [-0.4, -0.2) is 32.1 Å². The maximum absolute atomic E-state index is 5.20. The molecule has 0 heterocycles. The summed E-state index contributed by atoms with van der Waals surface area (Å²) in [7, 11) is 1.78. The van der Waals surface area contributed by atoms with Crippen molar-refractivity contribution in [3.05, 3.63) is 28.7 Å². The van der Waals surface area contributed by atoms with Gasteiger partial charge in [-0.1, -0.05) is 35.8 Å². The molecule has 0 aromatic heterocycles. The van der Waals surface area contributed by atoms with Crippen molar-refractivity contribution < 1.29 is 4.74 Å². The van der Waals surface area contributed by atoms with Gasteiger partial charge < -0.3 is 10.1 Å². The first-order chi connectivity index (χ1) is 9.67. The minimum Gasteiger partial charge on any atom is -0.385 e. The van der Waals surface area contributed by atoms with Crippen molar-refractivity contribution in [3.8, 4) is 0 Å². The van der Waals surface area contributed by atoms with E-state index in [2.05, 4.69) is 59.4 Å². The predicted octanol–water partition coefficient (Wildman–Crippen LogP) is 4.58. The summed E-state index contributed by atoms with van der Waals surface area (Å²) in [6.45, 7) is 6.45. The lowest BCUT2D eigenvalue weighted by molar-refractivity contribution is 0.172. The van der Waals surface area contributed by atoms with Crippen LogP contribution >= 0.6 is 27.7 Å². The van der Waals surface area contributed by atoms with E-state index in [0.29, 0.717) is 12.0 Å². The van der Waals surface area contributed by atoms with Crippen LogP contribution in [-0.2, 0) is 4.74 Å². The fourth-order valence-electron chi connectivity index (χ4n) is 2.00. The van der Waals surface area contributed by atoms with Gasteiger partial charge in [-0.15, -0.1) is 11.8 Å². The summed E-state index contributed by atoms with van der Waals surface area (Å²) in [6.07, 6.45) is 2.28. The lowest BCUT2D eigenvalue weighted by Crippen LogP contribution is -2.38. The monoisotopic (exact) mass is 359 g/mol. The maximum Gasteiger partial charge on any atom is 0.0465 e. The van der Waals surface area contributed by atoms with E-state index in [1.807, 2.05) is 11.8 Å². The second kappa shape index (κ2) is 10.7. The van der Waals surface area contributed by atoms with Gasteiger partial charge in [-0.3, -0.25) is 0 Å². The summed E-state index contributed by atoms with van der Waals surface area (Å²) >= 11 is 5.45. The molecule has 4 heteroatoms. The van der Waals surface area contributed by atoms with Crippen molar-refractivity contribution in [1.82, 2.24) is 5.32 Å². The Morgan fingerprint density at radius 1 is 1.40 bits per heavy atom. The Labute approximate surface area is 136 Å². The number of rotatable bonds is 10. The molecule has 0 fully saturated rings. The molecule has 0 spiro atoms. The van der Waals surface area contributed by atoms with Crippen LogP contribution in [0, 0.1) is 5.92 Å². The van der Waals surface area contributed by atoms with E-state index in [4.69, 9.17) is 4.74 Å². The first-order valence-corrected chi connectivity index (χ1v) is 9.06. The maximum atomic E-state index is 5.20. The molecule has 0 radical (unpaired) electrons. The molecule has 2 unspecified atom stereocenters. The first-order valence-electron chi connectivity index (χ1n) is 7.28. The SMILES string of the molecule is CCCNC(CSc1cccc(Br)c1)C(C)CCOC. The van der Waals surface area contributed by atoms with Crippen LogP contribution in [0.2, 0.25) is 0 Å². The van der Waals surface area contributed by atoms with Crippen LogP contribution in [0.4, 0.5) is 0 Å². The number of halogens is 1. The van der Waals surface area contributed by atoms with Crippen molar-refractivity contribution in [2.45, 2.75) is 37.6 Å². The quantitative estimate of drug-likeness (QED) is 0.617. The smallest absolute Gasteiger partial charge is 0.0465 e. The Morgan fingerprint density at radius 2 is 2.20 bits per heavy atom. The van der Waals surface area contributed by atoms with Gasteiger partial charge in [0.05, 0.1) is 0 Å². The third-order valence-corrected chi connectivity index (χ3v) is 4.95. The highest BCUT2D eigenvalue weighted by molar-refractivity contribution is 9.10. The third kappa shape index (κ3) is 7.11. The zero-order valence-corrected chi connectivity index (χ0v) is 15.1. The molecule has 1 aromatic carbocycles. The van der Waals surface area contributed by atoms with Gasteiger partial charge in [0.1, 0.15) is 0 Å². The third-order valence-electron chi connectivity index (χ3n) is 3.35. The number of ether oxygens (including phenoxy) is 1. The number of hydrogen-bond donors (Lipinski definition) is 1. The molecule has 0 saturated carbocycles. The minimum absolute atomic E-state index is 0.536. The Morgan fingerprint density at radius 3 is 2.85 bits per heavy atom. The number of thioether (sulfide) groups is 1. The van der Waals surface area contributed by atoms with Crippen molar-refractivity contribution in [2.75, 3.05) is 26.0 Å². The highest BCUT2D eigenvalue weighted by Gasteiger charge is 2.16. The molecular formula is C16H26BrNOS. The summed E-state index contributed by atoms with van der Waals surface area (Å²) in [6, 6.07) is 9.05. The lowest BCUT2D eigenvalue weighted by Gasteiger charge is -2.25. The van der Waals surface area contributed by atoms with Gasteiger partial charge in [0, 0.05) is 34.9 Å². The van der Waals surface area contributed by atoms with E-state index in [1.165, 1.54) is 11.3 Å². The molecule has 0 aliphatic carbocycles. The minimum atomic E-state index is 0.536. The summed E-state index contributed by atoms with van der Waals surface area (Å²) in [5.41, 5.74) is 0. The van der Waals surface area contributed by atoms with Crippen molar-refractivity contribution in [3.63, 3.8) is 0 Å². The van der Waals surface area contributed by atoms with Crippen LogP contribution < -0.4 is 5.32 Å². The van der Waals surface area contributed by atoms with E-state index in [1.54, 1.807) is 7.11 Å². The van der Waals surface area contributed by atoms with Crippen molar-refractivity contribution in [2.24, 2.45) is 5.92 Å². The van der Waals surface area contributed by atoms with E-state index in [0.717, 1.165) is 29.8 Å². The Bertz CT molecular complexity index is 375. The molecule has 0 aliphatic heterocycles.